The number of hydrogen-bond acceptors (Lipinski definition) is 5. The second-order valence-electron chi connectivity index (χ2n) is 8.48. The summed E-state index contributed by atoms with van der Waals surface area (Å²) in [6, 6.07) is 0. The fraction of sp³-hybridized carbons (Fsp3) is 0.944. The minimum atomic E-state index is 0. The lowest BCUT2D eigenvalue weighted by Crippen LogP contribution is -2.49. The standard InChI is InChI=1S/C18H28N2O2S.2ClH/c1-3-21-4-2-20(1)11-16-12-23-17(22-16)19-18-8-13-5-14(9-18)7-15(6-13)10-18;;/h13-16H,1-12H2;2*1H. The molecule has 0 aromatic rings. The van der Waals surface area contributed by atoms with Crippen LogP contribution >= 0.6 is 36.6 Å². The van der Waals surface area contributed by atoms with E-state index in [1.807, 2.05) is 11.8 Å². The summed E-state index contributed by atoms with van der Waals surface area (Å²) >= 11 is 1.86. The monoisotopic (exact) mass is 408 g/mol. The van der Waals surface area contributed by atoms with Crippen LogP contribution in [0.15, 0.2) is 4.99 Å². The topological polar surface area (TPSA) is 34.1 Å². The lowest BCUT2D eigenvalue weighted by molar-refractivity contribution is -0.000189. The average Bonchev–Trinajstić information content (AvgIpc) is 2.93. The van der Waals surface area contributed by atoms with E-state index >= 15 is 0 Å². The molecule has 4 bridgehead atoms. The van der Waals surface area contributed by atoms with Gasteiger partial charge in [0.25, 0.3) is 0 Å². The molecular weight excluding hydrogens is 379 g/mol. The molecule has 4 aliphatic carbocycles. The van der Waals surface area contributed by atoms with E-state index in [1.54, 1.807) is 0 Å². The molecule has 6 aliphatic rings. The van der Waals surface area contributed by atoms with E-state index in [2.05, 4.69) is 4.90 Å². The van der Waals surface area contributed by atoms with Gasteiger partial charge in [-0.15, -0.1) is 24.8 Å². The van der Waals surface area contributed by atoms with Gasteiger partial charge in [-0.1, -0.05) is 11.8 Å². The van der Waals surface area contributed by atoms with E-state index in [0.717, 1.165) is 61.6 Å². The van der Waals surface area contributed by atoms with E-state index in [9.17, 15) is 0 Å². The number of ether oxygens (including phenoxy) is 2. The van der Waals surface area contributed by atoms with E-state index in [-0.39, 0.29) is 30.4 Å². The van der Waals surface area contributed by atoms with Crippen LogP contribution in [0.4, 0.5) is 0 Å². The second-order valence-corrected chi connectivity index (χ2v) is 9.45. The summed E-state index contributed by atoms with van der Waals surface area (Å²) in [5, 5.41) is 1.00. The number of hydrogen-bond donors (Lipinski definition) is 0. The molecule has 2 saturated heterocycles. The SMILES string of the molecule is C1CN(CC2CSC(=NC34CC5CC(CC(C5)C3)C4)O2)CCO1.Cl.Cl. The van der Waals surface area contributed by atoms with Crippen molar-refractivity contribution in [1.29, 1.82) is 0 Å². The number of halogens is 2. The van der Waals surface area contributed by atoms with Crippen LogP contribution < -0.4 is 0 Å². The molecule has 2 heterocycles. The first-order valence-electron chi connectivity index (χ1n) is 9.46. The molecule has 0 amide bonds. The molecule has 0 aromatic carbocycles. The Balaban J connectivity index is 0.000000911. The highest BCUT2D eigenvalue weighted by atomic mass is 35.5. The highest BCUT2D eigenvalue weighted by Gasteiger charge is 2.51. The smallest absolute Gasteiger partial charge is 0.246 e. The van der Waals surface area contributed by atoms with Crippen molar-refractivity contribution in [1.82, 2.24) is 4.90 Å². The predicted molar refractivity (Wildman–Crippen MR) is 107 cm³/mol. The maximum absolute atomic E-state index is 6.23. The van der Waals surface area contributed by atoms with Gasteiger partial charge in [0.15, 0.2) is 0 Å². The van der Waals surface area contributed by atoms with E-state index < -0.39 is 0 Å². The Labute approximate surface area is 167 Å². The molecule has 7 heteroatoms. The number of morpholine rings is 1. The first-order chi connectivity index (χ1) is 11.3. The van der Waals surface area contributed by atoms with Crippen molar-refractivity contribution in [3.05, 3.63) is 0 Å². The van der Waals surface area contributed by atoms with Crippen molar-refractivity contribution in [2.75, 3.05) is 38.6 Å². The van der Waals surface area contributed by atoms with Gasteiger partial charge in [-0.25, -0.2) is 4.99 Å². The highest BCUT2D eigenvalue weighted by Crippen LogP contribution is 2.57. The Bertz CT molecular complexity index is 464. The van der Waals surface area contributed by atoms with Gasteiger partial charge in [0.1, 0.15) is 6.10 Å². The summed E-state index contributed by atoms with van der Waals surface area (Å²) in [5.41, 5.74) is 0.255. The molecule has 144 valence electrons. The Hall–Kier alpha value is 0.320. The zero-order chi connectivity index (χ0) is 15.3. The summed E-state index contributed by atoms with van der Waals surface area (Å²) < 4.78 is 11.7. The van der Waals surface area contributed by atoms with Crippen LogP contribution in [-0.4, -0.2) is 60.4 Å². The van der Waals surface area contributed by atoms with Crippen LogP contribution in [-0.2, 0) is 9.47 Å². The molecule has 1 unspecified atom stereocenters. The molecule has 25 heavy (non-hydrogen) atoms. The second kappa shape index (κ2) is 8.14. The fourth-order valence-corrected chi connectivity index (χ4v) is 6.95. The van der Waals surface area contributed by atoms with Crippen molar-refractivity contribution in [3.8, 4) is 0 Å². The largest absolute Gasteiger partial charge is 0.467 e. The van der Waals surface area contributed by atoms with Crippen LogP contribution in [0.25, 0.3) is 0 Å². The minimum Gasteiger partial charge on any atom is -0.467 e. The van der Waals surface area contributed by atoms with E-state index in [1.165, 1.54) is 38.5 Å². The number of thioether (sulfide) groups is 1. The van der Waals surface area contributed by atoms with Gasteiger partial charge in [0.2, 0.25) is 5.23 Å². The van der Waals surface area contributed by atoms with Crippen molar-refractivity contribution in [3.63, 3.8) is 0 Å². The van der Waals surface area contributed by atoms with Crippen LogP contribution in [0.3, 0.4) is 0 Å². The summed E-state index contributed by atoms with van der Waals surface area (Å²) in [6.45, 7) is 4.87. The summed E-state index contributed by atoms with van der Waals surface area (Å²) in [7, 11) is 0. The van der Waals surface area contributed by atoms with Gasteiger partial charge in [0.05, 0.1) is 18.8 Å². The third-order valence-electron chi connectivity index (χ3n) is 6.56. The Kier molecular flexibility index (Phi) is 6.53. The van der Waals surface area contributed by atoms with Gasteiger partial charge >= 0.3 is 0 Å². The summed E-state index contributed by atoms with van der Waals surface area (Å²) in [5.74, 6) is 3.95. The zero-order valence-electron chi connectivity index (χ0n) is 14.7. The molecule has 0 aromatic heterocycles. The molecule has 0 N–H and O–H groups in total. The van der Waals surface area contributed by atoms with Gasteiger partial charge in [-0.2, -0.15) is 0 Å². The van der Waals surface area contributed by atoms with Crippen molar-refractivity contribution in [2.45, 2.75) is 50.2 Å². The molecule has 4 nitrogen and oxygen atoms in total. The van der Waals surface area contributed by atoms with E-state index in [4.69, 9.17) is 14.5 Å². The summed E-state index contributed by atoms with van der Waals surface area (Å²) in [6.07, 6.45) is 8.78. The minimum absolute atomic E-state index is 0. The Morgan fingerprint density at radius 3 is 2.20 bits per heavy atom. The molecule has 6 rings (SSSR count). The molecule has 0 spiro atoms. The third kappa shape index (κ3) is 4.26. The molecular formula is C18H30Cl2N2O2S. The van der Waals surface area contributed by atoms with Gasteiger partial charge in [-0.3, -0.25) is 4.90 Å². The molecule has 2 aliphatic heterocycles. The van der Waals surface area contributed by atoms with Crippen molar-refractivity contribution >= 4 is 41.8 Å². The molecule has 0 radical (unpaired) electrons. The summed E-state index contributed by atoms with van der Waals surface area (Å²) in [4.78, 5) is 7.70. The average molecular weight is 409 g/mol. The van der Waals surface area contributed by atoms with Crippen LogP contribution in [0, 0.1) is 17.8 Å². The normalized spacial score (nSPS) is 44.2. The molecule has 6 fully saturated rings. The lowest BCUT2D eigenvalue weighted by Gasteiger charge is -2.54. The van der Waals surface area contributed by atoms with Gasteiger partial charge in [-0.05, 0) is 56.3 Å². The van der Waals surface area contributed by atoms with E-state index in [0.29, 0.717) is 6.10 Å². The molecule has 4 saturated carbocycles. The Morgan fingerprint density at radius 1 is 1.00 bits per heavy atom. The number of rotatable bonds is 3. The maximum Gasteiger partial charge on any atom is 0.246 e. The number of nitrogens with zero attached hydrogens (tertiary/aromatic N) is 2. The maximum atomic E-state index is 6.23. The molecule has 1 atom stereocenters. The zero-order valence-corrected chi connectivity index (χ0v) is 17.2. The quantitative estimate of drug-likeness (QED) is 0.713. The first kappa shape index (κ1) is 20.1. The van der Waals surface area contributed by atoms with Gasteiger partial charge in [0, 0.05) is 25.4 Å². The van der Waals surface area contributed by atoms with Crippen molar-refractivity contribution < 1.29 is 9.47 Å². The fourth-order valence-electron chi connectivity index (χ4n) is 5.99. The predicted octanol–water partition coefficient (Wildman–Crippen LogP) is 3.62. The first-order valence-corrected chi connectivity index (χ1v) is 10.4. The highest BCUT2D eigenvalue weighted by molar-refractivity contribution is 8.13. The number of aliphatic imine (C=N–C) groups is 1. The Morgan fingerprint density at radius 2 is 1.60 bits per heavy atom. The third-order valence-corrected chi connectivity index (χ3v) is 7.53. The van der Waals surface area contributed by atoms with Crippen LogP contribution in [0.2, 0.25) is 0 Å². The van der Waals surface area contributed by atoms with Crippen LogP contribution in [0.5, 0.6) is 0 Å². The van der Waals surface area contributed by atoms with Crippen molar-refractivity contribution in [2.24, 2.45) is 22.7 Å². The lowest BCUT2D eigenvalue weighted by atomic mass is 9.53. The van der Waals surface area contributed by atoms with Gasteiger partial charge < -0.3 is 9.47 Å². The van der Waals surface area contributed by atoms with Crippen LogP contribution in [0.1, 0.15) is 38.5 Å².